The number of hydrogen-bond donors (Lipinski definition) is 1. The quantitative estimate of drug-likeness (QED) is 0.919. The second-order valence-electron chi connectivity index (χ2n) is 4.37. The monoisotopic (exact) mass is 293 g/mol. The van der Waals surface area contributed by atoms with Crippen LogP contribution in [-0.4, -0.2) is 29.2 Å². The van der Waals surface area contributed by atoms with Gasteiger partial charge in [0, 0.05) is 37.3 Å². The highest BCUT2D eigenvalue weighted by atomic mass is 35.5. The van der Waals surface area contributed by atoms with E-state index < -0.39 is 5.91 Å². The molecule has 5 nitrogen and oxygen atoms in total. The predicted molar refractivity (Wildman–Crippen MR) is 77.8 cm³/mol. The van der Waals surface area contributed by atoms with Gasteiger partial charge in [0.2, 0.25) is 0 Å². The zero-order valence-corrected chi connectivity index (χ0v) is 12.1. The number of rotatable bonds is 5. The third kappa shape index (κ3) is 2.55. The lowest BCUT2D eigenvalue weighted by atomic mass is 10.1. The molecular weight excluding hydrogens is 278 g/mol. The first-order chi connectivity index (χ1) is 9.57. The largest absolute Gasteiger partial charge is 0.383 e. The molecule has 0 atom stereocenters. The molecule has 2 rings (SSSR count). The molecule has 6 heteroatoms. The van der Waals surface area contributed by atoms with E-state index >= 15 is 0 Å². The van der Waals surface area contributed by atoms with Gasteiger partial charge >= 0.3 is 0 Å². The normalized spacial score (nSPS) is 10.8. The summed E-state index contributed by atoms with van der Waals surface area (Å²) in [7, 11) is 1.63. The van der Waals surface area contributed by atoms with E-state index in [1.54, 1.807) is 19.5 Å². The zero-order valence-electron chi connectivity index (χ0n) is 11.4. The lowest BCUT2D eigenvalue weighted by molar-refractivity contribution is 0.0999. The van der Waals surface area contributed by atoms with E-state index in [9.17, 15) is 4.79 Å². The molecule has 20 heavy (non-hydrogen) atoms. The number of primary amides is 1. The van der Waals surface area contributed by atoms with Crippen LogP contribution in [-0.2, 0) is 11.3 Å². The van der Waals surface area contributed by atoms with Crippen LogP contribution in [0, 0.1) is 6.92 Å². The number of pyridine rings is 1. The van der Waals surface area contributed by atoms with Gasteiger partial charge in [-0.2, -0.15) is 0 Å². The van der Waals surface area contributed by atoms with Gasteiger partial charge in [0.1, 0.15) is 0 Å². The van der Waals surface area contributed by atoms with Gasteiger partial charge in [0.15, 0.2) is 0 Å². The van der Waals surface area contributed by atoms with Crippen molar-refractivity contribution in [3.8, 4) is 11.3 Å². The Labute approximate surface area is 122 Å². The lowest BCUT2D eigenvalue weighted by Crippen LogP contribution is -2.13. The molecule has 0 saturated carbocycles. The summed E-state index contributed by atoms with van der Waals surface area (Å²) in [6.07, 6.45) is 3.36. The summed E-state index contributed by atoms with van der Waals surface area (Å²) in [5, 5.41) is 0.373. The van der Waals surface area contributed by atoms with E-state index in [0.29, 0.717) is 23.7 Å². The van der Waals surface area contributed by atoms with Crippen LogP contribution in [0.4, 0.5) is 0 Å². The number of methoxy groups -OCH3 is 1. The molecule has 0 radical (unpaired) electrons. The van der Waals surface area contributed by atoms with Crippen LogP contribution in [0.15, 0.2) is 24.5 Å². The van der Waals surface area contributed by atoms with Gasteiger partial charge in [-0.05, 0) is 19.1 Å². The number of amides is 1. The molecule has 0 saturated heterocycles. The molecule has 0 bridgehead atoms. The fourth-order valence-corrected chi connectivity index (χ4v) is 2.68. The summed E-state index contributed by atoms with van der Waals surface area (Å²) in [6, 6.07) is 3.68. The van der Waals surface area contributed by atoms with E-state index in [-0.39, 0.29) is 0 Å². The summed E-state index contributed by atoms with van der Waals surface area (Å²) in [6.45, 7) is 2.93. The van der Waals surface area contributed by atoms with E-state index in [1.165, 1.54) is 0 Å². The highest BCUT2D eigenvalue weighted by Crippen LogP contribution is 2.35. The molecule has 0 aliphatic heterocycles. The van der Waals surface area contributed by atoms with Crippen molar-refractivity contribution in [3.63, 3.8) is 0 Å². The average Bonchev–Trinajstić information content (AvgIpc) is 2.68. The highest BCUT2D eigenvalue weighted by Gasteiger charge is 2.23. The smallest absolute Gasteiger partial charge is 0.252 e. The summed E-state index contributed by atoms with van der Waals surface area (Å²) in [5.41, 5.74) is 8.17. The Morgan fingerprint density at radius 3 is 2.65 bits per heavy atom. The minimum Gasteiger partial charge on any atom is -0.383 e. The van der Waals surface area contributed by atoms with Gasteiger partial charge in [0.05, 0.1) is 22.9 Å². The number of carbonyl (C=O) groups excluding carboxylic acids is 1. The van der Waals surface area contributed by atoms with Gasteiger partial charge < -0.3 is 15.0 Å². The Bertz CT molecular complexity index is 623. The van der Waals surface area contributed by atoms with Crippen molar-refractivity contribution in [1.29, 1.82) is 0 Å². The average molecular weight is 294 g/mol. The van der Waals surface area contributed by atoms with Gasteiger partial charge in [-0.1, -0.05) is 11.6 Å². The fourth-order valence-electron chi connectivity index (χ4n) is 2.24. The van der Waals surface area contributed by atoms with Crippen molar-refractivity contribution < 1.29 is 9.53 Å². The summed E-state index contributed by atoms with van der Waals surface area (Å²) < 4.78 is 7.05. The van der Waals surface area contributed by atoms with E-state index in [4.69, 9.17) is 22.1 Å². The maximum atomic E-state index is 11.6. The summed E-state index contributed by atoms with van der Waals surface area (Å²) in [4.78, 5) is 15.6. The molecule has 106 valence electrons. The third-order valence-electron chi connectivity index (χ3n) is 3.18. The van der Waals surface area contributed by atoms with Crippen LogP contribution in [0.2, 0.25) is 5.02 Å². The number of halogens is 1. The van der Waals surface area contributed by atoms with Crippen LogP contribution in [0.25, 0.3) is 11.3 Å². The molecule has 0 fully saturated rings. The van der Waals surface area contributed by atoms with E-state index in [1.807, 2.05) is 23.6 Å². The maximum Gasteiger partial charge on any atom is 0.252 e. The minimum absolute atomic E-state index is 0.356. The molecule has 0 spiro atoms. The minimum atomic E-state index is -0.529. The Morgan fingerprint density at radius 1 is 1.45 bits per heavy atom. The van der Waals surface area contributed by atoms with E-state index in [2.05, 4.69) is 4.98 Å². The number of nitrogens with zero attached hydrogens (tertiary/aromatic N) is 2. The van der Waals surface area contributed by atoms with Crippen molar-refractivity contribution in [2.24, 2.45) is 5.73 Å². The predicted octanol–water partition coefficient (Wildman–Crippen LogP) is 2.26. The zero-order chi connectivity index (χ0) is 14.7. The second-order valence-corrected chi connectivity index (χ2v) is 4.75. The lowest BCUT2D eigenvalue weighted by Gasteiger charge is -2.11. The Balaban J connectivity index is 2.64. The highest BCUT2D eigenvalue weighted by molar-refractivity contribution is 6.36. The standard InChI is InChI=1S/C14H16ClN3O2/c1-9-11(14(16)19)12(15)13(18(9)7-8-20-2)10-3-5-17-6-4-10/h3-6H,7-8H2,1-2H3,(H2,16,19). The third-order valence-corrected chi connectivity index (χ3v) is 3.55. The Hall–Kier alpha value is -1.85. The fraction of sp³-hybridized carbons (Fsp3) is 0.286. The van der Waals surface area contributed by atoms with Crippen molar-refractivity contribution in [3.05, 3.63) is 40.8 Å². The van der Waals surface area contributed by atoms with Gasteiger partial charge in [0.25, 0.3) is 5.91 Å². The first kappa shape index (κ1) is 14.6. The first-order valence-electron chi connectivity index (χ1n) is 6.15. The molecule has 0 aliphatic carbocycles. The van der Waals surface area contributed by atoms with Crippen molar-refractivity contribution in [2.75, 3.05) is 13.7 Å². The van der Waals surface area contributed by atoms with Crippen LogP contribution in [0.5, 0.6) is 0 Å². The molecule has 2 aromatic heterocycles. The van der Waals surface area contributed by atoms with Gasteiger partial charge in [-0.15, -0.1) is 0 Å². The number of aromatic nitrogens is 2. The van der Waals surface area contributed by atoms with Crippen molar-refractivity contribution in [2.45, 2.75) is 13.5 Å². The molecule has 1 amide bonds. The number of nitrogens with two attached hydrogens (primary N) is 1. The first-order valence-corrected chi connectivity index (χ1v) is 6.53. The SMILES string of the molecule is COCCn1c(C)c(C(N)=O)c(Cl)c1-c1ccncc1. The molecule has 2 aromatic rings. The second kappa shape index (κ2) is 6.07. The molecule has 2 N–H and O–H groups in total. The van der Waals surface area contributed by atoms with Crippen LogP contribution in [0.1, 0.15) is 16.1 Å². The summed E-state index contributed by atoms with van der Waals surface area (Å²) >= 11 is 6.36. The van der Waals surface area contributed by atoms with Gasteiger partial charge in [-0.3, -0.25) is 9.78 Å². The molecular formula is C14H16ClN3O2. The Morgan fingerprint density at radius 2 is 2.10 bits per heavy atom. The van der Waals surface area contributed by atoms with Crippen molar-refractivity contribution >= 4 is 17.5 Å². The topological polar surface area (TPSA) is 70.1 Å². The number of carbonyl (C=O) groups is 1. The Kier molecular flexibility index (Phi) is 4.42. The van der Waals surface area contributed by atoms with Crippen LogP contribution < -0.4 is 5.73 Å². The van der Waals surface area contributed by atoms with Crippen molar-refractivity contribution in [1.82, 2.24) is 9.55 Å². The van der Waals surface area contributed by atoms with E-state index in [0.717, 1.165) is 17.0 Å². The molecule has 0 aliphatic rings. The maximum absolute atomic E-state index is 11.6. The van der Waals surface area contributed by atoms with Crippen LogP contribution >= 0.6 is 11.6 Å². The number of ether oxygens (including phenoxy) is 1. The van der Waals surface area contributed by atoms with Gasteiger partial charge in [-0.25, -0.2) is 0 Å². The van der Waals surface area contributed by atoms with Crippen LogP contribution in [0.3, 0.4) is 0 Å². The summed E-state index contributed by atoms with van der Waals surface area (Å²) in [5.74, 6) is -0.529. The number of hydrogen-bond acceptors (Lipinski definition) is 3. The molecule has 0 unspecified atom stereocenters. The molecule has 2 heterocycles. The molecule has 0 aromatic carbocycles.